The molecule has 5 heteroatoms. The third kappa shape index (κ3) is 3.90. The van der Waals surface area contributed by atoms with Crippen LogP contribution in [0.25, 0.3) is 0 Å². The lowest BCUT2D eigenvalue weighted by molar-refractivity contribution is 0.0227. The van der Waals surface area contributed by atoms with Gasteiger partial charge in [0.1, 0.15) is 11.5 Å². The third-order valence-electron chi connectivity index (χ3n) is 7.55. The van der Waals surface area contributed by atoms with Crippen LogP contribution in [0.5, 0.6) is 11.5 Å². The molecule has 2 aliphatic rings. The Morgan fingerprint density at radius 3 is 2.47 bits per heavy atom. The molecule has 2 atom stereocenters. The Hall–Kier alpha value is -4.25. The van der Waals surface area contributed by atoms with Crippen molar-refractivity contribution in [3.63, 3.8) is 0 Å². The highest BCUT2D eigenvalue weighted by Crippen LogP contribution is 2.58. The summed E-state index contributed by atoms with van der Waals surface area (Å²) >= 11 is 0. The molecular weight excluding hydrogens is 472 g/mol. The van der Waals surface area contributed by atoms with Crippen LogP contribution in [-0.4, -0.2) is 12.5 Å². The van der Waals surface area contributed by atoms with Crippen molar-refractivity contribution in [3.05, 3.63) is 113 Å². The highest BCUT2D eigenvalue weighted by Gasteiger charge is 2.54. The van der Waals surface area contributed by atoms with Gasteiger partial charge in [-0.2, -0.15) is 0 Å². The molecule has 2 heterocycles. The van der Waals surface area contributed by atoms with E-state index in [0.29, 0.717) is 23.0 Å². The second-order valence-corrected chi connectivity index (χ2v) is 10.3. The van der Waals surface area contributed by atoms with E-state index in [0.717, 1.165) is 58.7 Å². The topological polar surface area (TPSA) is 59.6 Å². The molecule has 0 radical (unpaired) electrons. The second-order valence-electron chi connectivity index (χ2n) is 10.3. The zero-order valence-corrected chi connectivity index (χ0v) is 22.0. The summed E-state index contributed by atoms with van der Waals surface area (Å²) in [5, 5.41) is 7.21. The quantitative estimate of drug-likeness (QED) is 0.249. The maximum atomic E-state index is 13.4. The molecule has 2 aliphatic heterocycles. The number of nitrogens with one attached hydrogen (secondary N) is 2. The maximum Gasteiger partial charge on any atom is 0.340 e. The number of aryl methyl sites for hydroxylation is 1. The second kappa shape index (κ2) is 9.56. The normalized spacial score (nSPS) is 17.6. The fourth-order valence-corrected chi connectivity index (χ4v) is 5.71. The highest BCUT2D eigenvalue weighted by molar-refractivity contribution is 5.97. The van der Waals surface area contributed by atoms with Gasteiger partial charge in [0.15, 0.2) is 5.60 Å². The van der Waals surface area contributed by atoms with E-state index in [1.807, 2.05) is 72.8 Å². The fourth-order valence-electron chi connectivity index (χ4n) is 5.71. The first kappa shape index (κ1) is 24.1. The van der Waals surface area contributed by atoms with Crippen molar-refractivity contribution in [2.24, 2.45) is 5.92 Å². The molecule has 0 aliphatic carbocycles. The van der Waals surface area contributed by atoms with E-state index >= 15 is 0 Å². The number of hydrogen-bond acceptors (Lipinski definition) is 5. The molecule has 5 nitrogen and oxygen atoms in total. The van der Waals surface area contributed by atoms with E-state index < -0.39 is 5.60 Å². The number of rotatable bonds is 7. The molecule has 0 saturated carbocycles. The molecule has 4 aromatic carbocycles. The zero-order chi connectivity index (χ0) is 26.3. The van der Waals surface area contributed by atoms with Crippen molar-refractivity contribution in [2.45, 2.75) is 39.2 Å². The number of esters is 1. The van der Waals surface area contributed by atoms with Crippen molar-refractivity contribution in [2.75, 3.05) is 17.2 Å². The highest BCUT2D eigenvalue weighted by atomic mass is 16.6. The average molecular weight is 505 g/mol. The molecule has 0 saturated heterocycles. The predicted molar refractivity (Wildman–Crippen MR) is 152 cm³/mol. The first-order valence-electron chi connectivity index (χ1n) is 13.4. The molecule has 2 N–H and O–H groups in total. The van der Waals surface area contributed by atoms with Crippen LogP contribution in [0.3, 0.4) is 0 Å². The molecule has 0 aromatic heterocycles. The third-order valence-corrected chi connectivity index (χ3v) is 7.55. The van der Waals surface area contributed by atoms with Crippen LogP contribution in [0.4, 0.5) is 17.1 Å². The van der Waals surface area contributed by atoms with Crippen molar-refractivity contribution in [3.8, 4) is 11.5 Å². The average Bonchev–Trinajstić information content (AvgIpc) is 3.22. The Bertz CT molecular complexity index is 1510. The van der Waals surface area contributed by atoms with Gasteiger partial charge < -0.3 is 20.1 Å². The molecule has 0 fully saturated rings. The van der Waals surface area contributed by atoms with E-state index in [1.54, 1.807) is 0 Å². The van der Waals surface area contributed by atoms with Crippen molar-refractivity contribution in [1.29, 1.82) is 0 Å². The Balaban J connectivity index is 1.56. The molecular formula is C33H32N2O3. The predicted octanol–water partition coefficient (Wildman–Crippen LogP) is 8.15. The summed E-state index contributed by atoms with van der Waals surface area (Å²) in [5.74, 6) is 1.56. The smallest absolute Gasteiger partial charge is 0.340 e. The van der Waals surface area contributed by atoms with Gasteiger partial charge in [0.2, 0.25) is 0 Å². The summed E-state index contributed by atoms with van der Waals surface area (Å²) in [5.41, 5.74) is 5.80. The number of ether oxygens (including phenoxy) is 2. The van der Waals surface area contributed by atoms with Gasteiger partial charge in [-0.05, 0) is 67.3 Å². The number of anilines is 3. The molecule has 2 unspecified atom stereocenters. The molecule has 0 amide bonds. The standard InChI is InChI=1S/C33H32N2O3/c1-4-11-21(2)20-34-27-16-10-17-29-31(27)33(25-15-9-8-14-24(25)32(36)38-33)26-19-28(22(3)18-30(26)37-29)35-23-12-6-5-7-13-23/h5-10,12-19,21,34-35H,4,11,20H2,1-3H3. The lowest BCUT2D eigenvalue weighted by Gasteiger charge is -2.38. The number of fused-ring (bicyclic) bond motifs is 6. The van der Waals surface area contributed by atoms with Gasteiger partial charge in [-0.25, -0.2) is 4.79 Å². The summed E-state index contributed by atoms with van der Waals surface area (Å²) < 4.78 is 13.0. The number of hydrogen-bond donors (Lipinski definition) is 2. The van der Waals surface area contributed by atoms with Crippen molar-refractivity contribution < 1.29 is 14.3 Å². The van der Waals surface area contributed by atoms with Crippen molar-refractivity contribution >= 4 is 23.0 Å². The van der Waals surface area contributed by atoms with E-state index in [1.165, 1.54) is 0 Å². The number of carbonyl (C=O) groups is 1. The Labute approximate surface area is 223 Å². The molecule has 38 heavy (non-hydrogen) atoms. The zero-order valence-electron chi connectivity index (χ0n) is 22.0. The van der Waals surface area contributed by atoms with Gasteiger partial charge in [-0.3, -0.25) is 0 Å². The van der Waals surface area contributed by atoms with Gasteiger partial charge in [0.05, 0.1) is 11.1 Å². The minimum atomic E-state index is -1.13. The number of para-hydroxylation sites is 1. The summed E-state index contributed by atoms with van der Waals surface area (Å²) in [6.45, 7) is 7.33. The monoisotopic (exact) mass is 504 g/mol. The van der Waals surface area contributed by atoms with Crippen molar-refractivity contribution in [1.82, 2.24) is 0 Å². The van der Waals surface area contributed by atoms with Crippen LogP contribution in [0.15, 0.2) is 84.9 Å². The van der Waals surface area contributed by atoms with Gasteiger partial charge in [-0.15, -0.1) is 0 Å². The summed E-state index contributed by atoms with van der Waals surface area (Å²) in [7, 11) is 0. The van der Waals surface area contributed by atoms with Crippen LogP contribution in [0.1, 0.15) is 59.3 Å². The van der Waals surface area contributed by atoms with Gasteiger partial charge in [0.25, 0.3) is 0 Å². The van der Waals surface area contributed by atoms with Gasteiger partial charge in [-0.1, -0.05) is 62.7 Å². The first-order chi connectivity index (χ1) is 18.5. The number of benzene rings is 4. The lowest BCUT2D eigenvalue weighted by Crippen LogP contribution is -2.34. The van der Waals surface area contributed by atoms with E-state index in [4.69, 9.17) is 9.47 Å². The molecule has 4 aromatic rings. The molecule has 192 valence electrons. The van der Waals surface area contributed by atoms with Crippen LogP contribution in [0.2, 0.25) is 0 Å². The Kier molecular flexibility index (Phi) is 6.07. The van der Waals surface area contributed by atoms with Crippen LogP contribution < -0.4 is 15.4 Å². The van der Waals surface area contributed by atoms with E-state index in [9.17, 15) is 4.79 Å². The van der Waals surface area contributed by atoms with E-state index in [2.05, 4.69) is 43.5 Å². The Morgan fingerprint density at radius 1 is 0.868 bits per heavy atom. The fraction of sp³-hybridized carbons (Fsp3) is 0.242. The van der Waals surface area contributed by atoms with Crippen LogP contribution >= 0.6 is 0 Å². The van der Waals surface area contributed by atoms with Crippen LogP contribution in [-0.2, 0) is 10.3 Å². The van der Waals surface area contributed by atoms with E-state index in [-0.39, 0.29) is 5.97 Å². The maximum absolute atomic E-state index is 13.4. The molecule has 0 bridgehead atoms. The minimum Gasteiger partial charge on any atom is -0.456 e. The molecule has 6 rings (SSSR count). The first-order valence-corrected chi connectivity index (χ1v) is 13.4. The van der Waals surface area contributed by atoms with Crippen LogP contribution in [0, 0.1) is 12.8 Å². The lowest BCUT2D eigenvalue weighted by atomic mass is 9.76. The van der Waals surface area contributed by atoms with Gasteiger partial charge >= 0.3 is 5.97 Å². The summed E-state index contributed by atoms with van der Waals surface area (Å²) in [6.07, 6.45) is 2.27. The largest absolute Gasteiger partial charge is 0.456 e. The SMILES string of the molecule is CCCC(C)CNc1cccc2c1C1(OC(=O)c3ccccc31)c1cc(Nc3ccccc3)c(C)cc1O2. The minimum absolute atomic E-state index is 0.327. The molecule has 1 spiro atoms. The Morgan fingerprint density at radius 2 is 1.66 bits per heavy atom. The van der Waals surface area contributed by atoms with Gasteiger partial charge in [0, 0.05) is 34.7 Å². The summed E-state index contributed by atoms with van der Waals surface area (Å²) in [4.78, 5) is 13.4. The number of carbonyl (C=O) groups excluding carboxylic acids is 1. The summed E-state index contributed by atoms with van der Waals surface area (Å²) in [6, 6.07) is 27.9.